The summed E-state index contributed by atoms with van der Waals surface area (Å²) in [6.45, 7) is 3.11. The molecule has 0 saturated carbocycles. The summed E-state index contributed by atoms with van der Waals surface area (Å²) in [6, 6.07) is 6.44. The van der Waals surface area contributed by atoms with E-state index in [1.165, 1.54) is 11.1 Å². The van der Waals surface area contributed by atoms with Gasteiger partial charge in [0, 0.05) is 23.1 Å². The van der Waals surface area contributed by atoms with Gasteiger partial charge in [-0.25, -0.2) is 0 Å². The molecule has 0 aromatic heterocycles. The highest BCUT2D eigenvalue weighted by atomic mass is 32.2. The maximum absolute atomic E-state index is 12.0. The molecule has 106 valence electrons. The Morgan fingerprint density at radius 2 is 2.26 bits per heavy atom. The van der Waals surface area contributed by atoms with E-state index in [0.29, 0.717) is 0 Å². The molecule has 0 saturated heterocycles. The SMILES string of the molecule is CCCNC1c2cc(OC)ccc2CCC1S(C)=O. The van der Waals surface area contributed by atoms with Crippen molar-refractivity contribution in [1.82, 2.24) is 5.32 Å². The second kappa shape index (κ2) is 6.53. The number of hydrogen-bond donors (Lipinski definition) is 1. The lowest BCUT2D eigenvalue weighted by Crippen LogP contribution is -2.38. The Morgan fingerprint density at radius 3 is 2.89 bits per heavy atom. The van der Waals surface area contributed by atoms with Gasteiger partial charge in [0.1, 0.15) is 5.75 Å². The summed E-state index contributed by atoms with van der Waals surface area (Å²) in [5.74, 6) is 0.879. The Morgan fingerprint density at radius 1 is 1.47 bits per heavy atom. The third-order valence-electron chi connectivity index (χ3n) is 3.80. The summed E-state index contributed by atoms with van der Waals surface area (Å²) in [7, 11) is 0.884. The van der Waals surface area contributed by atoms with Crippen LogP contribution in [0.25, 0.3) is 0 Å². The second-order valence-electron chi connectivity index (χ2n) is 5.07. The fourth-order valence-corrected chi connectivity index (χ4v) is 3.86. The van der Waals surface area contributed by atoms with Crippen molar-refractivity contribution in [1.29, 1.82) is 0 Å². The number of aryl methyl sites for hydroxylation is 1. The van der Waals surface area contributed by atoms with Crippen molar-refractivity contribution in [3.8, 4) is 5.75 Å². The summed E-state index contributed by atoms with van der Waals surface area (Å²) in [4.78, 5) is 0. The number of hydrogen-bond acceptors (Lipinski definition) is 3. The Balaban J connectivity index is 2.35. The maximum atomic E-state index is 12.0. The van der Waals surface area contributed by atoms with Crippen molar-refractivity contribution in [2.24, 2.45) is 0 Å². The molecule has 0 radical (unpaired) electrons. The average Bonchev–Trinajstić information content (AvgIpc) is 2.43. The lowest BCUT2D eigenvalue weighted by Gasteiger charge is -2.33. The minimum atomic E-state index is -0.805. The first kappa shape index (κ1) is 14.5. The predicted molar refractivity (Wildman–Crippen MR) is 80.2 cm³/mol. The number of ether oxygens (including phenoxy) is 1. The van der Waals surface area contributed by atoms with Gasteiger partial charge in [0.2, 0.25) is 0 Å². The van der Waals surface area contributed by atoms with E-state index in [2.05, 4.69) is 24.4 Å². The molecule has 1 aromatic carbocycles. The Bertz CT molecular complexity index is 461. The highest BCUT2D eigenvalue weighted by Gasteiger charge is 2.31. The fourth-order valence-electron chi connectivity index (χ4n) is 2.78. The predicted octanol–water partition coefficient (Wildman–Crippen LogP) is 2.43. The molecule has 1 aromatic rings. The monoisotopic (exact) mass is 281 g/mol. The van der Waals surface area contributed by atoms with Crippen molar-refractivity contribution in [2.45, 2.75) is 37.5 Å². The normalized spacial score (nSPS) is 23.7. The molecule has 3 nitrogen and oxygen atoms in total. The second-order valence-corrected chi connectivity index (χ2v) is 6.67. The first-order valence-corrected chi connectivity index (χ1v) is 8.52. The van der Waals surface area contributed by atoms with Crippen molar-refractivity contribution in [2.75, 3.05) is 19.9 Å². The number of fused-ring (bicyclic) bond motifs is 1. The molecular formula is C15H23NO2S. The van der Waals surface area contributed by atoms with Crippen LogP contribution in [-0.4, -0.2) is 29.4 Å². The van der Waals surface area contributed by atoms with E-state index < -0.39 is 10.8 Å². The van der Waals surface area contributed by atoms with Crippen molar-refractivity contribution < 1.29 is 8.95 Å². The smallest absolute Gasteiger partial charge is 0.119 e. The third kappa shape index (κ3) is 3.18. The summed E-state index contributed by atoms with van der Waals surface area (Å²) in [5, 5.41) is 3.76. The van der Waals surface area contributed by atoms with E-state index in [-0.39, 0.29) is 11.3 Å². The van der Waals surface area contributed by atoms with E-state index in [0.717, 1.165) is 31.6 Å². The van der Waals surface area contributed by atoms with Crippen LogP contribution in [-0.2, 0) is 17.2 Å². The molecule has 19 heavy (non-hydrogen) atoms. The van der Waals surface area contributed by atoms with Crippen LogP contribution in [0.3, 0.4) is 0 Å². The van der Waals surface area contributed by atoms with Gasteiger partial charge < -0.3 is 10.1 Å². The molecule has 1 aliphatic carbocycles. The number of benzene rings is 1. The zero-order valence-corrected chi connectivity index (χ0v) is 12.8. The minimum Gasteiger partial charge on any atom is -0.497 e. The number of methoxy groups -OCH3 is 1. The van der Waals surface area contributed by atoms with Gasteiger partial charge in [0.05, 0.1) is 12.4 Å². The van der Waals surface area contributed by atoms with Gasteiger partial charge in [-0.2, -0.15) is 0 Å². The van der Waals surface area contributed by atoms with Gasteiger partial charge in [-0.15, -0.1) is 0 Å². The van der Waals surface area contributed by atoms with Crippen molar-refractivity contribution in [3.05, 3.63) is 29.3 Å². The number of rotatable bonds is 5. The lowest BCUT2D eigenvalue weighted by atomic mass is 9.87. The van der Waals surface area contributed by atoms with Crippen LogP contribution in [0.2, 0.25) is 0 Å². The molecule has 2 rings (SSSR count). The highest BCUT2D eigenvalue weighted by molar-refractivity contribution is 7.84. The largest absolute Gasteiger partial charge is 0.497 e. The van der Waals surface area contributed by atoms with Crippen LogP contribution in [0.5, 0.6) is 5.75 Å². The summed E-state index contributed by atoms with van der Waals surface area (Å²) < 4.78 is 17.3. The Kier molecular flexibility index (Phi) is 4.99. The molecule has 1 aliphatic rings. The standard InChI is InChI=1S/C15H23NO2S/c1-4-9-16-15-13-10-12(18-2)7-5-11(13)6-8-14(15)19(3)17/h5,7,10,14-16H,4,6,8-9H2,1-3H3. The molecule has 3 unspecified atom stereocenters. The molecule has 3 atom stereocenters. The van der Waals surface area contributed by atoms with Crippen LogP contribution in [0, 0.1) is 0 Å². The van der Waals surface area contributed by atoms with Gasteiger partial charge >= 0.3 is 0 Å². The van der Waals surface area contributed by atoms with Crippen molar-refractivity contribution >= 4 is 10.8 Å². The molecule has 0 aliphatic heterocycles. The maximum Gasteiger partial charge on any atom is 0.119 e. The zero-order chi connectivity index (χ0) is 13.8. The highest BCUT2D eigenvalue weighted by Crippen LogP contribution is 2.34. The molecule has 0 spiro atoms. The molecule has 0 heterocycles. The fraction of sp³-hybridized carbons (Fsp3) is 0.600. The van der Waals surface area contributed by atoms with Gasteiger partial charge in [-0.1, -0.05) is 13.0 Å². The van der Waals surface area contributed by atoms with Gasteiger partial charge in [-0.3, -0.25) is 4.21 Å². The quantitative estimate of drug-likeness (QED) is 0.901. The molecule has 1 N–H and O–H groups in total. The lowest BCUT2D eigenvalue weighted by molar-refractivity contribution is 0.409. The first-order chi connectivity index (χ1) is 9.17. The minimum absolute atomic E-state index is 0.185. The van der Waals surface area contributed by atoms with E-state index in [1.807, 2.05) is 12.3 Å². The zero-order valence-electron chi connectivity index (χ0n) is 11.9. The number of nitrogens with one attached hydrogen (secondary N) is 1. The van der Waals surface area contributed by atoms with Crippen LogP contribution in [0.1, 0.15) is 36.9 Å². The van der Waals surface area contributed by atoms with E-state index >= 15 is 0 Å². The average molecular weight is 281 g/mol. The van der Waals surface area contributed by atoms with Crippen LogP contribution < -0.4 is 10.1 Å². The summed E-state index contributed by atoms with van der Waals surface area (Å²) in [5.41, 5.74) is 2.62. The van der Waals surface area contributed by atoms with Gasteiger partial charge in [0.15, 0.2) is 0 Å². The first-order valence-electron chi connectivity index (χ1n) is 6.89. The van der Waals surface area contributed by atoms with E-state index in [1.54, 1.807) is 7.11 Å². The molecular weight excluding hydrogens is 258 g/mol. The summed E-state index contributed by atoms with van der Waals surface area (Å²) in [6.07, 6.45) is 4.90. The Hall–Kier alpha value is -0.870. The van der Waals surface area contributed by atoms with Crippen LogP contribution in [0.4, 0.5) is 0 Å². The van der Waals surface area contributed by atoms with E-state index in [4.69, 9.17) is 4.74 Å². The van der Waals surface area contributed by atoms with Crippen LogP contribution >= 0.6 is 0 Å². The van der Waals surface area contributed by atoms with E-state index in [9.17, 15) is 4.21 Å². The van der Waals surface area contributed by atoms with Crippen molar-refractivity contribution in [3.63, 3.8) is 0 Å². The third-order valence-corrected chi connectivity index (χ3v) is 5.16. The van der Waals surface area contributed by atoms with Gasteiger partial charge in [0.25, 0.3) is 0 Å². The molecule has 0 bridgehead atoms. The topological polar surface area (TPSA) is 38.3 Å². The molecule has 4 heteroatoms. The van der Waals surface area contributed by atoms with Gasteiger partial charge in [-0.05, 0) is 49.1 Å². The summed E-state index contributed by atoms with van der Waals surface area (Å²) >= 11 is 0. The van der Waals surface area contributed by atoms with Crippen LogP contribution in [0.15, 0.2) is 18.2 Å². The Labute approximate surface area is 118 Å². The molecule has 0 amide bonds. The molecule has 0 fully saturated rings.